The van der Waals surface area contributed by atoms with E-state index in [4.69, 9.17) is 0 Å². The van der Waals surface area contributed by atoms with E-state index in [1.54, 1.807) is 11.3 Å². The average molecular weight is 324 g/mol. The van der Waals surface area contributed by atoms with Crippen molar-refractivity contribution >= 4 is 17.2 Å². The van der Waals surface area contributed by atoms with Gasteiger partial charge < -0.3 is 4.90 Å². The number of amides is 1. The molecule has 1 aromatic rings. The smallest absolute Gasteiger partial charge is 0.225 e. The summed E-state index contributed by atoms with van der Waals surface area (Å²) in [5.41, 5.74) is 1.19. The van der Waals surface area contributed by atoms with Crippen LogP contribution in [-0.4, -0.2) is 47.4 Å². The molecule has 1 aromatic heterocycles. The van der Waals surface area contributed by atoms with Crippen molar-refractivity contribution in [1.82, 2.24) is 14.8 Å². The molecule has 1 aliphatic rings. The number of unbranched alkanes of at least 4 members (excludes halogenated alkanes) is 1. The Hall–Kier alpha value is -0.940. The largest absolute Gasteiger partial charge is 0.346 e. The summed E-state index contributed by atoms with van der Waals surface area (Å²) in [6.07, 6.45) is 5.24. The quantitative estimate of drug-likeness (QED) is 0.773. The van der Waals surface area contributed by atoms with Gasteiger partial charge in [0.25, 0.3) is 0 Å². The highest BCUT2D eigenvalue weighted by atomic mass is 32.1. The number of thiazole rings is 1. The second-order valence-corrected chi connectivity index (χ2v) is 7.19. The Bertz CT molecular complexity index is 466. The summed E-state index contributed by atoms with van der Waals surface area (Å²) in [5, 5.41) is 3.40. The molecule has 22 heavy (non-hydrogen) atoms. The van der Waals surface area contributed by atoms with Crippen LogP contribution in [0.3, 0.4) is 0 Å². The first-order chi connectivity index (χ1) is 10.6. The van der Waals surface area contributed by atoms with Crippen molar-refractivity contribution < 1.29 is 4.79 Å². The zero-order valence-electron chi connectivity index (χ0n) is 14.2. The molecule has 2 rings (SSSR count). The van der Waals surface area contributed by atoms with Crippen LogP contribution in [0.5, 0.6) is 0 Å². The van der Waals surface area contributed by atoms with Gasteiger partial charge in [-0.1, -0.05) is 20.3 Å². The van der Waals surface area contributed by atoms with E-state index in [1.165, 1.54) is 10.7 Å². The minimum absolute atomic E-state index is 0.222. The summed E-state index contributed by atoms with van der Waals surface area (Å²) in [7, 11) is 1.95. The highest BCUT2D eigenvalue weighted by molar-refractivity contribution is 7.09. The van der Waals surface area contributed by atoms with Crippen molar-refractivity contribution in [2.75, 3.05) is 26.7 Å². The van der Waals surface area contributed by atoms with Gasteiger partial charge in [-0.05, 0) is 38.8 Å². The number of aromatic nitrogens is 1. The summed E-state index contributed by atoms with van der Waals surface area (Å²) in [4.78, 5) is 21.4. The zero-order chi connectivity index (χ0) is 15.9. The number of rotatable bonds is 7. The molecule has 1 amide bonds. The maximum atomic E-state index is 12.4. The fourth-order valence-corrected chi connectivity index (χ4v) is 3.70. The lowest BCUT2D eigenvalue weighted by molar-refractivity contribution is -0.135. The summed E-state index contributed by atoms with van der Waals surface area (Å²) >= 11 is 1.76. The van der Waals surface area contributed by atoms with E-state index >= 15 is 0 Å². The van der Waals surface area contributed by atoms with Gasteiger partial charge in [0, 0.05) is 31.4 Å². The van der Waals surface area contributed by atoms with E-state index in [0.717, 1.165) is 58.3 Å². The number of piperidine rings is 1. The number of hydrogen-bond acceptors (Lipinski definition) is 4. The van der Waals surface area contributed by atoms with Gasteiger partial charge in [0.15, 0.2) is 0 Å². The molecule has 2 heterocycles. The van der Waals surface area contributed by atoms with Crippen molar-refractivity contribution in [2.45, 2.75) is 52.5 Å². The van der Waals surface area contributed by atoms with Crippen LogP contribution >= 0.6 is 11.3 Å². The molecule has 1 saturated heterocycles. The maximum absolute atomic E-state index is 12.4. The van der Waals surface area contributed by atoms with Crippen LogP contribution in [0.1, 0.15) is 50.2 Å². The van der Waals surface area contributed by atoms with Crippen LogP contribution in [0.4, 0.5) is 0 Å². The van der Waals surface area contributed by atoms with Crippen molar-refractivity contribution in [3.05, 3.63) is 16.1 Å². The SMILES string of the molecule is CCCCN(C)C(=O)C1CCN(Cc2csc(CC)n2)CC1. The summed E-state index contributed by atoms with van der Waals surface area (Å²) in [6, 6.07) is 0. The fraction of sp³-hybridized carbons (Fsp3) is 0.765. The Balaban J connectivity index is 1.76. The normalized spacial score (nSPS) is 16.9. The third-order valence-corrected chi connectivity index (χ3v) is 5.49. The standard InChI is InChI=1S/C17H29N3OS/c1-4-6-9-19(3)17(21)14-7-10-20(11-8-14)12-15-13-22-16(5-2)18-15/h13-14H,4-12H2,1-3H3. The molecule has 0 radical (unpaired) electrons. The van der Waals surface area contributed by atoms with Gasteiger partial charge in [0.05, 0.1) is 10.7 Å². The lowest BCUT2D eigenvalue weighted by Gasteiger charge is -2.32. The van der Waals surface area contributed by atoms with Crippen LogP contribution in [0, 0.1) is 5.92 Å². The molecule has 0 aliphatic carbocycles. The van der Waals surface area contributed by atoms with Crippen molar-refractivity contribution in [3.8, 4) is 0 Å². The Morgan fingerprint density at radius 1 is 1.41 bits per heavy atom. The van der Waals surface area contributed by atoms with E-state index in [0.29, 0.717) is 5.91 Å². The van der Waals surface area contributed by atoms with Crippen molar-refractivity contribution in [1.29, 1.82) is 0 Å². The molecular formula is C17H29N3OS. The first-order valence-corrected chi connectivity index (χ1v) is 9.42. The zero-order valence-corrected chi connectivity index (χ0v) is 15.0. The first kappa shape index (κ1) is 17.4. The lowest BCUT2D eigenvalue weighted by Crippen LogP contribution is -2.41. The molecule has 5 heteroatoms. The predicted octanol–water partition coefficient (Wildman–Crippen LogP) is 3.18. The van der Waals surface area contributed by atoms with Gasteiger partial charge >= 0.3 is 0 Å². The molecule has 0 unspecified atom stereocenters. The molecule has 0 saturated carbocycles. The number of carbonyl (C=O) groups excluding carboxylic acids is 1. The third kappa shape index (κ3) is 4.78. The third-order valence-electron chi connectivity index (χ3n) is 4.45. The Morgan fingerprint density at radius 3 is 2.73 bits per heavy atom. The number of nitrogens with zero attached hydrogens (tertiary/aromatic N) is 3. The minimum atomic E-state index is 0.222. The Morgan fingerprint density at radius 2 is 2.14 bits per heavy atom. The van der Waals surface area contributed by atoms with E-state index < -0.39 is 0 Å². The molecule has 124 valence electrons. The summed E-state index contributed by atoms with van der Waals surface area (Å²) in [6.45, 7) is 8.17. The maximum Gasteiger partial charge on any atom is 0.225 e. The second-order valence-electron chi connectivity index (χ2n) is 6.25. The van der Waals surface area contributed by atoms with Gasteiger partial charge in [-0.15, -0.1) is 11.3 Å². The highest BCUT2D eigenvalue weighted by Gasteiger charge is 2.27. The van der Waals surface area contributed by atoms with Crippen LogP contribution < -0.4 is 0 Å². The average Bonchev–Trinajstić information content (AvgIpc) is 3.00. The van der Waals surface area contributed by atoms with E-state index in [9.17, 15) is 4.79 Å². The van der Waals surface area contributed by atoms with E-state index in [1.807, 2.05) is 11.9 Å². The van der Waals surface area contributed by atoms with Gasteiger partial charge in [-0.3, -0.25) is 9.69 Å². The minimum Gasteiger partial charge on any atom is -0.346 e. The first-order valence-electron chi connectivity index (χ1n) is 8.54. The number of hydrogen-bond donors (Lipinski definition) is 0. The molecular weight excluding hydrogens is 294 g/mol. The summed E-state index contributed by atoms with van der Waals surface area (Å²) < 4.78 is 0. The molecule has 0 spiro atoms. The summed E-state index contributed by atoms with van der Waals surface area (Å²) in [5.74, 6) is 0.565. The monoisotopic (exact) mass is 323 g/mol. The lowest BCUT2D eigenvalue weighted by atomic mass is 9.95. The van der Waals surface area contributed by atoms with Crippen LogP contribution in [0.15, 0.2) is 5.38 Å². The number of carbonyl (C=O) groups is 1. The van der Waals surface area contributed by atoms with Crippen molar-refractivity contribution in [2.24, 2.45) is 5.92 Å². The van der Waals surface area contributed by atoms with Gasteiger partial charge in [0.1, 0.15) is 0 Å². The van der Waals surface area contributed by atoms with Crippen LogP contribution in [0.25, 0.3) is 0 Å². The molecule has 0 bridgehead atoms. The molecule has 1 aliphatic heterocycles. The van der Waals surface area contributed by atoms with E-state index in [-0.39, 0.29) is 5.92 Å². The molecule has 4 nitrogen and oxygen atoms in total. The van der Waals surface area contributed by atoms with Gasteiger partial charge in [-0.2, -0.15) is 0 Å². The van der Waals surface area contributed by atoms with E-state index in [2.05, 4.69) is 29.1 Å². The van der Waals surface area contributed by atoms with Crippen LogP contribution in [0.2, 0.25) is 0 Å². The van der Waals surface area contributed by atoms with Crippen molar-refractivity contribution in [3.63, 3.8) is 0 Å². The highest BCUT2D eigenvalue weighted by Crippen LogP contribution is 2.21. The fourth-order valence-electron chi connectivity index (χ4n) is 2.97. The van der Waals surface area contributed by atoms with Gasteiger partial charge in [-0.25, -0.2) is 4.98 Å². The van der Waals surface area contributed by atoms with Gasteiger partial charge in [0.2, 0.25) is 5.91 Å². The number of likely N-dealkylation sites (tertiary alicyclic amines) is 1. The van der Waals surface area contributed by atoms with Crippen LogP contribution in [-0.2, 0) is 17.8 Å². The Labute approximate surface area is 138 Å². The topological polar surface area (TPSA) is 36.4 Å². The Kier molecular flexibility index (Phi) is 6.83. The predicted molar refractivity (Wildman–Crippen MR) is 92.0 cm³/mol. The second kappa shape index (κ2) is 8.63. The number of aryl methyl sites for hydroxylation is 1. The molecule has 0 N–H and O–H groups in total. The molecule has 0 atom stereocenters. The molecule has 0 aromatic carbocycles. The molecule has 1 fully saturated rings.